The SMILES string of the molecule is CN(C)CCCN1C(=O)/C(=C\c2cc3ccccc3o2)SC1=S. The zero-order valence-electron chi connectivity index (χ0n) is 13.1. The molecule has 1 amide bonds. The Bertz CT molecular complexity index is 747. The van der Waals surface area contributed by atoms with Crippen LogP contribution in [-0.2, 0) is 4.79 Å². The molecule has 6 heteroatoms. The number of rotatable bonds is 5. The van der Waals surface area contributed by atoms with E-state index in [1.54, 1.807) is 11.0 Å². The Kier molecular flexibility index (Phi) is 4.84. The van der Waals surface area contributed by atoms with Gasteiger partial charge in [-0.1, -0.05) is 42.2 Å². The van der Waals surface area contributed by atoms with E-state index in [2.05, 4.69) is 4.90 Å². The molecule has 1 aliphatic rings. The van der Waals surface area contributed by atoms with Crippen molar-refractivity contribution in [1.29, 1.82) is 0 Å². The number of carbonyl (C=O) groups excluding carboxylic acids is 1. The van der Waals surface area contributed by atoms with E-state index in [0.29, 0.717) is 21.5 Å². The normalized spacial score (nSPS) is 17.2. The Morgan fingerprint density at radius 2 is 2.13 bits per heavy atom. The van der Waals surface area contributed by atoms with Gasteiger partial charge >= 0.3 is 0 Å². The van der Waals surface area contributed by atoms with Gasteiger partial charge in [-0.05, 0) is 39.2 Å². The zero-order chi connectivity index (χ0) is 16.4. The van der Waals surface area contributed by atoms with E-state index < -0.39 is 0 Å². The maximum Gasteiger partial charge on any atom is 0.266 e. The molecular formula is C17H18N2O2S2. The van der Waals surface area contributed by atoms with Gasteiger partial charge in [-0.3, -0.25) is 9.69 Å². The molecular weight excluding hydrogens is 328 g/mol. The highest BCUT2D eigenvalue weighted by Crippen LogP contribution is 2.33. The fourth-order valence-electron chi connectivity index (χ4n) is 2.44. The van der Waals surface area contributed by atoms with Crippen LogP contribution in [0.5, 0.6) is 0 Å². The maximum atomic E-state index is 12.5. The lowest BCUT2D eigenvalue weighted by atomic mass is 10.2. The molecule has 0 radical (unpaired) electrons. The molecule has 0 atom stereocenters. The summed E-state index contributed by atoms with van der Waals surface area (Å²) in [6.07, 6.45) is 2.68. The molecule has 1 aliphatic heterocycles. The lowest BCUT2D eigenvalue weighted by Gasteiger charge is -2.16. The molecule has 4 nitrogen and oxygen atoms in total. The van der Waals surface area contributed by atoms with Gasteiger partial charge in [-0.25, -0.2) is 0 Å². The third kappa shape index (κ3) is 3.65. The molecule has 1 aromatic heterocycles. The predicted molar refractivity (Wildman–Crippen MR) is 99.3 cm³/mol. The van der Waals surface area contributed by atoms with Crippen LogP contribution in [0.3, 0.4) is 0 Å². The zero-order valence-corrected chi connectivity index (χ0v) is 14.7. The molecule has 0 unspecified atom stereocenters. The number of furan rings is 1. The Hall–Kier alpha value is -1.63. The van der Waals surface area contributed by atoms with Crippen LogP contribution in [0.15, 0.2) is 39.7 Å². The molecule has 120 valence electrons. The van der Waals surface area contributed by atoms with Gasteiger partial charge < -0.3 is 9.32 Å². The first-order valence-corrected chi connectivity index (χ1v) is 8.66. The van der Waals surface area contributed by atoms with Crippen LogP contribution in [0.1, 0.15) is 12.2 Å². The number of hydrogen-bond donors (Lipinski definition) is 0. The average molecular weight is 346 g/mol. The molecule has 0 spiro atoms. The highest BCUT2D eigenvalue weighted by molar-refractivity contribution is 8.26. The van der Waals surface area contributed by atoms with Crippen molar-refractivity contribution in [3.63, 3.8) is 0 Å². The van der Waals surface area contributed by atoms with E-state index in [1.807, 2.05) is 44.4 Å². The van der Waals surface area contributed by atoms with Crippen molar-refractivity contribution >= 4 is 51.3 Å². The van der Waals surface area contributed by atoms with Gasteiger partial charge in [0, 0.05) is 18.0 Å². The van der Waals surface area contributed by atoms with Crippen molar-refractivity contribution in [2.24, 2.45) is 0 Å². The van der Waals surface area contributed by atoms with Gasteiger partial charge in [0.15, 0.2) is 0 Å². The van der Waals surface area contributed by atoms with Crippen LogP contribution < -0.4 is 0 Å². The summed E-state index contributed by atoms with van der Waals surface area (Å²) in [5.74, 6) is 0.652. The van der Waals surface area contributed by atoms with Gasteiger partial charge in [-0.2, -0.15) is 0 Å². The molecule has 3 rings (SSSR count). The summed E-state index contributed by atoms with van der Waals surface area (Å²) < 4.78 is 6.37. The minimum Gasteiger partial charge on any atom is -0.457 e. The van der Waals surface area contributed by atoms with Crippen LogP contribution in [0.25, 0.3) is 17.0 Å². The second-order valence-electron chi connectivity index (χ2n) is 5.68. The van der Waals surface area contributed by atoms with Crippen molar-refractivity contribution in [1.82, 2.24) is 9.80 Å². The van der Waals surface area contributed by atoms with Gasteiger partial charge in [0.25, 0.3) is 5.91 Å². The first-order chi connectivity index (χ1) is 11.0. The van der Waals surface area contributed by atoms with Crippen molar-refractivity contribution < 1.29 is 9.21 Å². The monoisotopic (exact) mass is 346 g/mol. The third-order valence-electron chi connectivity index (χ3n) is 3.58. The number of benzene rings is 1. The number of carbonyl (C=O) groups is 1. The number of nitrogens with zero attached hydrogens (tertiary/aromatic N) is 2. The summed E-state index contributed by atoms with van der Waals surface area (Å²) in [6.45, 7) is 1.58. The van der Waals surface area contributed by atoms with Gasteiger partial charge in [0.2, 0.25) is 0 Å². The molecule has 0 bridgehead atoms. The number of amides is 1. The van der Waals surface area contributed by atoms with E-state index in [-0.39, 0.29) is 5.91 Å². The Morgan fingerprint density at radius 1 is 1.35 bits per heavy atom. The summed E-state index contributed by atoms with van der Waals surface area (Å²) in [7, 11) is 4.04. The Morgan fingerprint density at radius 3 is 2.87 bits per heavy atom. The van der Waals surface area contributed by atoms with Crippen molar-refractivity contribution in [2.75, 3.05) is 27.2 Å². The molecule has 2 heterocycles. The summed E-state index contributed by atoms with van der Waals surface area (Å²) in [5.41, 5.74) is 0.820. The maximum absolute atomic E-state index is 12.5. The average Bonchev–Trinajstić information content (AvgIpc) is 3.02. The lowest BCUT2D eigenvalue weighted by molar-refractivity contribution is -0.122. The molecule has 1 fully saturated rings. The predicted octanol–water partition coefficient (Wildman–Crippen LogP) is 3.59. The molecule has 1 aromatic carbocycles. The topological polar surface area (TPSA) is 36.7 Å². The lowest BCUT2D eigenvalue weighted by Crippen LogP contribution is -2.30. The van der Waals surface area contributed by atoms with Crippen molar-refractivity contribution in [2.45, 2.75) is 6.42 Å². The minimum atomic E-state index is -0.0285. The second-order valence-corrected chi connectivity index (χ2v) is 7.35. The number of thiocarbonyl (C=S) groups is 1. The van der Waals surface area contributed by atoms with Crippen LogP contribution in [-0.4, -0.2) is 47.2 Å². The van der Waals surface area contributed by atoms with E-state index in [9.17, 15) is 4.79 Å². The Labute approximate surface area is 145 Å². The molecule has 0 saturated carbocycles. The third-order valence-corrected chi connectivity index (χ3v) is 4.96. The van der Waals surface area contributed by atoms with Crippen LogP contribution in [0.2, 0.25) is 0 Å². The van der Waals surface area contributed by atoms with Crippen molar-refractivity contribution in [3.05, 3.63) is 41.0 Å². The van der Waals surface area contributed by atoms with E-state index in [4.69, 9.17) is 16.6 Å². The van der Waals surface area contributed by atoms with Crippen LogP contribution in [0.4, 0.5) is 0 Å². The number of fused-ring (bicyclic) bond motifs is 1. The minimum absolute atomic E-state index is 0.0285. The molecule has 0 N–H and O–H groups in total. The summed E-state index contributed by atoms with van der Waals surface area (Å²) >= 11 is 6.68. The Balaban J connectivity index is 1.75. The summed E-state index contributed by atoms with van der Waals surface area (Å²) in [5, 5.41) is 1.03. The van der Waals surface area contributed by atoms with Gasteiger partial charge in [-0.15, -0.1) is 0 Å². The quantitative estimate of drug-likeness (QED) is 0.611. The second kappa shape index (κ2) is 6.86. The highest BCUT2D eigenvalue weighted by Gasteiger charge is 2.31. The standard InChI is InChI=1S/C17H18N2O2S2/c1-18(2)8-5-9-19-16(20)15(23-17(19)22)11-13-10-12-6-3-4-7-14(12)21-13/h3-4,6-7,10-11H,5,8-9H2,1-2H3/b15-11+. The smallest absolute Gasteiger partial charge is 0.266 e. The molecule has 0 aliphatic carbocycles. The van der Waals surface area contributed by atoms with Gasteiger partial charge in [0.05, 0.1) is 4.91 Å². The largest absolute Gasteiger partial charge is 0.457 e. The highest BCUT2D eigenvalue weighted by atomic mass is 32.2. The number of para-hydroxylation sites is 1. The van der Waals surface area contributed by atoms with E-state index in [1.165, 1.54) is 11.8 Å². The van der Waals surface area contributed by atoms with E-state index >= 15 is 0 Å². The van der Waals surface area contributed by atoms with E-state index in [0.717, 1.165) is 23.9 Å². The first-order valence-electron chi connectivity index (χ1n) is 7.43. The summed E-state index contributed by atoms with van der Waals surface area (Å²) in [4.78, 5) is 16.9. The van der Waals surface area contributed by atoms with Gasteiger partial charge in [0.1, 0.15) is 15.7 Å². The molecule has 2 aromatic rings. The van der Waals surface area contributed by atoms with Crippen LogP contribution >= 0.6 is 24.0 Å². The van der Waals surface area contributed by atoms with Crippen LogP contribution in [0, 0.1) is 0 Å². The number of thioether (sulfide) groups is 1. The fourth-order valence-corrected chi connectivity index (χ4v) is 3.73. The summed E-state index contributed by atoms with van der Waals surface area (Å²) in [6, 6.07) is 9.74. The molecule has 23 heavy (non-hydrogen) atoms. The van der Waals surface area contributed by atoms with Crippen molar-refractivity contribution in [3.8, 4) is 0 Å². The fraction of sp³-hybridized carbons (Fsp3) is 0.294. The molecule has 1 saturated heterocycles. The number of hydrogen-bond acceptors (Lipinski definition) is 5. The first kappa shape index (κ1) is 16.2.